The van der Waals surface area contributed by atoms with Crippen LogP contribution in [-0.2, 0) is 14.9 Å². The number of carboxylic acids is 1. The molecular formula is C29H27ClN2O5. The molecule has 7 nitrogen and oxygen atoms in total. The summed E-state index contributed by atoms with van der Waals surface area (Å²) in [5, 5.41) is 16.8. The van der Waals surface area contributed by atoms with Gasteiger partial charge in [0.15, 0.2) is 5.76 Å². The largest absolute Gasteiger partial charge is 0.481 e. The summed E-state index contributed by atoms with van der Waals surface area (Å²) in [6.07, 6.45) is -1.20. The van der Waals surface area contributed by atoms with Gasteiger partial charge in [-0.2, -0.15) is 0 Å². The van der Waals surface area contributed by atoms with Crippen LogP contribution in [0.4, 0.5) is 10.5 Å². The van der Waals surface area contributed by atoms with Gasteiger partial charge in [-0.25, -0.2) is 4.79 Å². The second kappa shape index (κ2) is 10.5. The first-order valence-corrected chi connectivity index (χ1v) is 12.1. The number of amides is 1. The molecule has 8 heteroatoms. The van der Waals surface area contributed by atoms with E-state index < -0.39 is 23.6 Å². The van der Waals surface area contributed by atoms with Gasteiger partial charge in [-0.15, -0.1) is 0 Å². The highest BCUT2D eigenvalue weighted by Gasteiger charge is 2.29. The van der Waals surface area contributed by atoms with Crippen molar-refractivity contribution in [3.05, 3.63) is 94.7 Å². The molecule has 4 aromatic rings. The Bertz CT molecular complexity index is 1430. The highest BCUT2D eigenvalue weighted by molar-refractivity contribution is 6.31. The van der Waals surface area contributed by atoms with E-state index in [1.54, 1.807) is 39.8 Å². The van der Waals surface area contributed by atoms with Gasteiger partial charge in [-0.1, -0.05) is 83.5 Å². The maximum atomic E-state index is 12.6. The third-order valence-electron chi connectivity index (χ3n) is 6.35. The number of aliphatic carboxylic acids is 1. The SMILES string of the molecule is Cc1onc(-c2ccc(-c3ccc(C(C)(C)C(=O)O)cc3)cc2)c1NC(=O)O[C@H](C)c1ccccc1Cl. The number of hydrogen-bond donors (Lipinski definition) is 2. The number of ether oxygens (including phenoxy) is 1. The second-order valence-corrected chi connectivity index (χ2v) is 9.65. The van der Waals surface area contributed by atoms with E-state index >= 15 is 0 Å². The van der Waals surface area contributed by atoms with Crippen molar-refractivity contribution in [2.45, 2.75) is 39.2 Å². The number of aryl methyl sites for hydroxylation is 1. The third-order valence-corrected chi connectivity index (χ3v) is 6.69. The lowest BCUT2D eigenvalue weighted by Gasteiger charge is -2.19. The quantitative estimate of drug-likeness (QED) is 0.260. The van der Waals surface area contributed by atoms with Crippen LogP contribution in [0.2, 0.25) is 5.02 Å². The van der Waals surface area contributed by atoms with Crippen LogP contribution < -0.4 is 5.32 Å². The fraction of sp³-hybridized carbons (Fsp3) is 0.207. The van der Waals surface area contributed by atoms with Gasteiger partial charge in [0.25, 0.3) is 0 Å². The molecule has 0 aliphatic heterocycles. The average Bonchev–Trinajstić information content (AvgIpc) is 3.24. The molecule has 1 heterocycles. The molecule has 0 unspecified atom stereocenters. The molecular weight excluding hydrogens is 492 g/mol. The zero-order valence-corrected chi connectivity index (χ0v) is 21.7. The molecule has 0 aliphatic carbocycles. The van der Waals surface area contributed by atoms with Crippen LogP contribution in [0.5, 0.6) is 0 Å². The number of rotatable bonds is 7. The first-order valence-electron chi connectivity index (χ1n) is 11.7. The number of benzene rings is 3. The smallest absolute Gasteiger partial charge is 0.412 e. The predicted molar refractivity (Wildman–Crippen MR) is 143 cm³/mol. The summed E-state index contributed by atoms with van der Waals surface area (Å²) in [5.74, 6) is -0.433. The van der Waals surface area contributed by atoms with Crippen LogP contribution in [0.25, 0.3) is 22.4 Å². The number of carboxylic acid groups (broad SMARTS) is 1. The van der Waals surface area contributed by atoms with Gasteiger partial charge in [-0.3, -0.25) is 10.1 Å². The first kappa shape index (κ1) is 26.0. The molecule has 4 rings (SSSR count). The van der Waals surface area contributed by atoms with E-state index in [-0.39, 0.29) is 0 Å². The summed E-state index contributed by atoms with van der Waals surface area (Å²) in [6.45, 7) is 6.81. The van der Waals surface area contributed by atoms with Gasteiger partial charge in [-0.05, 0) is 50.5 Å². The minimum Gasteiger partial charge on any atom is -0.481 e. The Morgan fingerprint density at radius 1 is 0.973 bits per heavy atom. The molecule has 0 radical (unpaired) electrons. The molecule has 0 bridgehead atoms. The minimum atomic E-state index is -0.969. The van der Waals surface area contributed by atoms with Crippen molar-refractivity contribution >= 4 is 29.4 Å². The Balaban J connectivity index is 1.50. The number of carbonyl (C=O) groups is 2. The maximum absolute atomic E-state index is 12.6. The Labute approximate surface area is 220 Å². The van der Waals surface area contributed by atoms with Gasteiger partial charge >= 0.3 is 12.1 Å². The number of anilines is 1. The van der Waals surface area contributed by atoms with Crippen LogP contribution in [0.15, 0.2) is 77.3 Å². The van der Waals surface area contributed by atoms with Gasteiger partial charge in [0.1, 0.15) is 17.5 Å². The predicted octanol–water partition coefficient (Wildman–Crippen LogP) is 7.64. The van der Waals surface area contributed by atoms with Gasteiger partial charge in [0.2, 0.25) is 0 Å². The maximum Gasteiger partial charge on any atom is 0.412 e. The molecule has 3 aromatic carbocycles. The summed E-state index contributed by atoms with van der Waals surface area (Å²) in [7, 11) is 0. The molecule has 0 saturated carbocycles. The van der Waals surface area contributed by atoms with E-state index in [2.05, 4.69) is 10.5 Å². The molecule has 37 heavy (non-hydrogen) atoms. The van der Waals surface area contributed by atoms with E-state index in [1.807, 2.05) is 60.7 Å². The summed E-state index contributed by atoms with van der Waals surface area (Å²) < 4.78 is 10.9. The van der Waals surface area contributed by atoms with E-state index in [0.717, 1.165) is 22.3 Å². The highest BCUT2D eigenvalue weighted by atomic mass is 35.5. The lowest BCUT2D eigenvalue weighted by atomic mass is 9.84. The Kier molecular flexibility index (Phi) is 7.36. The number of halogens is 1. The van der Waals surface area contributed by atoms with E-state index in [0.29, 0.717) is 27.7 Å². The summed E-state index contributed by atoms with van der Waals surface area (Å²) in [4.78, 5) is 24.2. The Morgan fingerprint density at radius 3 is 2.14 bits per heavy atom. The van der Waals surface area contributed by atoms with Crippen molar-refractivity contribution in [2.75, 3.05) is 5.32 Å². The fourth-order valence-electron chi connectivity index (χ4n) is 3.90. The molecule has 0 fully saturated rings. The van der Waals surface area contributed by atoms with Crippen molar-refractivity contribution in [3.63, 3.8) is 0 Å². The van der Waals surface area contributed by atoms with Crippen molar-refractivity contribution in [1.82, 2.24) is 5.16 Å². The molecule has 1 aromatic heterocycles. The first-order chi connectivity index (χ1) is 17.6. The lowest BCUT2D eigenvalue weighted by molar-refractivity contribution is -0.142. The number of aromatic nitrogens is 1. The van der Waals surface area contributed by atoms with Crippen LogP contribution in [0, 0.1) is 6.92 Å². The van der Waals surface area contributed by atoms with Crippen molar-refractivity contribution in [2.24, 2.45) is 0 Å². The zero-order valence-electron chi connectivity index (χ0n) is 20.9. The van der Waals surface area contributed by atoms with E-state index in [1.165, 1.54) is 0 Å². The van der Waals surface area contributed by atoms with Crippen molar-refractivity contribution in [3.8, 4) is 22.4 Å². The number of nitrogens with one attached hydrogen (secondary N) is 1. The monoisotopic (exact) mass is 518 g/mol. The van der Waals surface area contributed by atoms with Crippen molar-refractivity contribution in [1.29, 1.82) is 0 Å². The second-order valence-electron chi connectivity index (χ2n) is 9.24. The fourth-order valence-corrected chi connectivity index (χ4v) is 4.19. The number of carbonyl (C=O) groups excluding carboxylic acids is 1. The van der Waals surface area contributed by atoms with Gasteiger partial charge < -0.3 is 14.4 Å². The average molecular weight is 519 g/mol. The van der Waals surface area contributed by atoms with Gasteiger partial charge in [0.05, 0.1) is 5.41 Å². The third kappa shape index (κ3) is 5.52. The van der Waals surface area contributed by atoms with Crippen LogP contribution in [0.3, 0.4) is 0 Å². The normalized spacial score (nSPS) is 12.1. The number of hydrogen-bond acceptors (Lipinski definition) is 5. The molecule has 2 N–H and O–H groups in total. The molecule has 0 aliphatic rings. The standard InChI is InChI=1S/C29H27ClN2O5/c1-17(23-7-5-6-8-24(23)30)36-28(35)31-25-18(2)37-32-26(25)21-11-9-19(10-12-21)20-13-15-22(16-14-20)29(3,4)27(33)34/h5-17H,1-4H3,(H,31,35)(H,33,34)/t17-/m1/s1. The Morgan fingerprint density at radius 2 is 1.54 bits per heavy atom. The summed E-state index contributed by atoms with van der Waals surface area (Å²) in [5.41, 5.74) is 4.01. The van der Waals surface area contributed by atoms with Gasteiger partial charge in [0, 0.05) is 16.1 Å². The topological polar surface area (TPSA) is 102 Å². The molecule has 0 saturated heterocycles. The summed E-state index contributed by atoms with van der Waals surface area (Å²) >= 11 is 6.21. The summed E-state index contributed by atoms with van der Waals surface area (Å²) in [6, 6.07) is 22.3. The molecule has 0 spiro atoms. The van der Waals surface area contributed by atoms with Crippen LogP contribution in [0.1, 0.15) is 43.8 Å². The molecule has 1 atom stereocenters. The van der Waals surface area contributed by atoms with E-state index in [9.17, 15) is 14.7 Å². The molecule has 190 valence electrons. The van der Waals surface area contributed by atoms with Crippen LogP contribution >= 0.6 is 11.6 Å². The molecule has 1 amide bonds. The minimum absolute atomic E-state index is 0.421. The highest BCUT2D eigenvalue weighted by Crippen LogP contribution is 2.33. The Hall–Kier alpha value is -4.10. The lowest BCUT2D eigenvalue weighted by Crippen LogP contribution is -2.28. The van der Waals surface area contributed by atoms with Crippen molar-refractivity contribution < 1.29 is 24.0 Å². The van der Waals surface area contributed by atoms with E-state index in [4.69, 9.17) is 20.9 Å². The number of nitrogens with zero attached hydrogens (tertiary/aromatic N) is 1. The zero-order chi connectivity index (χ0) is 26.7. The van der Waals surface area contributed by atoms with Crippen LogP contribution in [-0.4, -0.2) is 22.3 Å².